The van der Waals surface area contributed by atoms with Gasteiger partial charge in [0.25, 0.3) is 0 Å². The summed E-state index contributed by atoms with van der Waals surface area (Å²) in [6.07, 6.45) is 2.68. The second kappa shape index (κ2) is 23.2. The summed E-state index contributed by atoms with van der Waals surface area (Å²) in [5.41, 5.74) is 7.79. The van der Waals surface area contributed by atoms with Crippen molar-refractivity contribution in [3.63, 3.8) is 0 Å². The first-order valence-electron chi connectivity index (χ1n) is 17.0. The van der Waals surface area contributed by atoms with Crippen LogP contribution in [-0.2, 0) is 30.3 Å². The third kappa shape index (κ3) is 18.3. The van der Waals surface area contributed by atoms with Crippen molar-refractivity contribution in [2.24, 2.45) is 5.41 Å². The molecule has 0 fully saturated rings. The average molecular weight is 687 g/mol. The van der Waals surface area contributed by atoms with E-state index in [1.165, 1.54) is 7.11 Å². The molecule has 5 N–H and O–H groups in total. The van der Waals surface area contributed by atoms with Gasteiger partial charge in [0, 0.05) is 13.0 Å². The fourth-order valence-corrected chi connectivity index (χ4v) is 4.51. The summed E-state index contributed by atoms with van der Waals surface area (Å²) in [5.74, 6) is -1.98. The molecule has 274 valence electrons. The van der Waals surface area contributed by atoms with Crippen molar-refractivity contribution in [2.75, 3.05) is 52.2 Å². The maximum absolute atomic E-state index is 12.6. The van der Waals surface area contributed by atoms with Crippen molar-refractivity contribution < 1.29 is 38.5 Å². The van der Waals surface area contributed by atoms with Gasteiger partial charge in [-0.25, -0.2) is 9.59 Å². The Morgan fingerprint density at radius 3 is 2.20 bits per heavy atom. The van der Waals surface area contributed by atoms with Crippen molar-refractivity contribution in [3.05, 3.63) is 59.7 Å². The number of ether oxygens (including phenoxy) is 3. The number of aliphatic carboxylic acids is 1. The highest BCUT2D eigenvalue weighted by molar-refractivity contribution is 5.91. The number of hydrogen-bond acceptors (Lipinski definition) is 10. The van der Waals surface area contributed by atoms with Crippen molar-refractivity contribution in [1.29, 1.82) is 0 Å². The van der Waals surface area contributed by atoms with Crippen LogP contribution in [0.2, 0.25) is 0 Å². The van der Waals surface area contributed by atoms with Crippen LogP contribution in [0.25, 0.3) is 0 Å². The molecule has 0 radical (unpaired) electrons. The van der Waals surface area contributed by atoms with Crippen molar-refractivity contribution in [1.82, 2.24) is 15.5 Å². The summed E-state index contributed by atoms with van der Waals surface area (Å²) in [7, 11) is 1.25. The van der Waals surface area contributed by atoms with Crippen LogP contribution >= 0.6 is 0 Å². The van der Waals surface area contributed by atoms with E-state index >= 15 is 0 Å². The fourth-order valence-electron chi connectivity index (χ4n) is 4.51. The summed E-state index contributed by atoms with van der Waals surface area (Å²) in [5, 5.41) is 14.7. The number of unbranched alkanes of at least 4 members (excludes halogenated alkanes) is 1. The number of amides is 1. The van der Waals surface area contributed by atoms with Gasteiger partial charge in [-0.1, -0.05) is 78.3 Å². The van der Waals surface area contributed by atoms with Crippen LogP contribution in [0, 0.1) is 5.41 Å². The van der Waals surface area contributed by atoms with Crippen molar-refractivity contribution in [2.45, 2.75) is 85.7 Å². The van der Waals surface area contributed by atoms with Gasteiger partial charge < -0.3 is 40.6 Å². The summed E-state index contributed by atoms with van der Waals surface area (Å²) in [6.45, 7) is 16.6. The number of anilines is 1. The number of hydrogen-bond donors (Lipinski definition) is 4. The summed E-state index contributed by atoms with van der Waals surface area (Å²) < 4.78 is 15.7. The van der Waals surface area contributed by atoms with E-state index in [0.29, 0.717) is 36.8 Å². The minimum absolute atomic E-state index is 0.0547. The predicted octanol–water partition coefficient (Wildman–Crippen LogP) is 4.70. The molecule has 0 heterocycles. The fraction of sp³-hybridized carbons (Fsp3) is 0.568. The quantitative estimate of drug-likeness (QED) is 0.0865. The first-order chi connectivity index (χ1) is 23.2. The molecule has 0 saturated heterocycles. The number of likely N-dealkylation sites (N-methyl/N-ethyl adjacent to an activating group) is 1. The SMILES string of the molecule is CCCCOc1cc(C(=O)OCCN(CC)CC)ccc1N.COC(=O)[C@H](Cc1ccccc1)NC(=O)[C@H](CC(=O)O)NCCC(C)(C)C. The van der Waals surface area contributed by atoms with Crippen LogP contribution < -0.4 is 21.1 Å². The van der Waals surface area contributed by atoms with E-state index in [-0.39, 0.29) is 24.2 Å². The number of carbonyl (C=O) groups excluding carboxylic acids is 3. The van der Waals surface area contributed by atoms with Crippen molar-refractivity contribution in [3.8, 4) is 5.75 Å². The van der Waals surface area contributed by atoms with E-state index < -0.39 is 29.9 Å². The maximum atomic E-state index is 12.6. The number of nitrogens with zero attached hydrogens (tertiary/aromatic N) is 1. The zero-order valence-electron chi connectivity index (χ0n) is 30.4. The molecule has 2 aromatic rings. The highest BCUT2D eigenvalue weighted by atomic mass is 16.5. The average Bonchev–Trinajstić information content (AvgIpc) is 3.06. The Balaban J connectivity index is 0.000000500. The van der Waals surface area contributed by atoms with Crippen LogP contribution in [0.15, 0.2) is 48.5 Å². The zero-order chi connectivity index (χ0) is 36.8. The Bertz CT molecular complexity index is 1280. The van der Waals surface area contributed by atoms with Gasteiger partial charge in [0.15, 0.2) is 0 Å². The minimum Gasteiger partial charge on any atom is -0.491 e. The lowest BCUT2D eigenvalue weighted by Crippen LogP contribution is -2.52. The van der Waals surface area contributed by atoms with Crippen LogP contribution in [0.3, 0.4) is 0 Å². The van der Waals surface area contributed by atoms with Gasteiger partial charge in [0.2, 0.25) is 5.91 Å². The molecule has 0 aliphatic carbocycles. The van der Waals surface area contributed by atoms with Gasteiger partial charge >= 0.3 is 17.9 Å². The van der Waals surface area contributed by atoms with E-state index in [0.717, 1.165) is 44.5 Å². The number of carboxylic acids is 1. The van der Waals surface area contributed by atoms with E-state index in [1.54, 1.807) is 18.2 Å². The lowest BCUT2D eigenvalue weighted by atomic mass is 9.92. The molecule has 49 heavy (non-hydrogen) atoms. The van der Waals surface area contributed by atoms with E-state index in [2.05, 4.69) is 57.1 Å². The molecule has 2 atom stereocenters. The maximum Gasteiger partial charge on any atom is 0.338 e. The zero-order valence-corrected chi connectivity index (χ0v) is 30.4. The van der Waals surface area contributed by atoms with Gasteiger partial charge in [-0.15, -0.1) is 0 Å². The van der Waals surface area contributed by atoms with Crippen LogP contribution in [0.5, 0.6) is 5.75 Å². The van der Waals surface area contributed by atoms with Crippen LogP contribution in [-0.4, -0.2) is 92.4 Å². The molecule has 2 aromatic carbocycles. The second-order valence-corrected chi connectivity index (χ2v) is 12.8. The number of methoxy groups -OCH3 is 1. The summed E-state index contributed by atoms with van der Waals surface area (Å²) in [6, 6.07) is 12.4. The van der Waals surface area contributed by atoms with Gasteiger partial charge in [-0.3, -0.25) is 9.59 Å². The van der Waals surface area contributed by atoms with E-state index in [4.69, 9.17) is 25.1 Å². The van der Waals surface area contributed by atoms with E-state index in [9.17, 15) is 19.2 Å². The second-order valence-electron chi connectivity index (χ2n) is 12.8. The molecule has 2 rings (SSSR count). The number of rotatable bonds is 20. The highest BCUT2D eigenvalue weighted by Crippen LogP contribution is 2.23. The number of nitrogens with two attached hydrogens (primary N) is 1. The highest BCUT2D eigenvalue weighted by Gasteiger charge is 2.28. The molecule has 0 aromatic heterocycles. The topological polar surface area (TPSA) is 170 Å². The first kappa shape index (κ1) is 42.9. The van der Waals surface area contributed by atoms with Crippen molar-refractivity contribution >= 4 is 29.5 Å². The number of benzene rings is 2. The third-order valence-electron chi connectivity index (χ3n) is 7.59. The summed E-state index contributed by atoms with van der Waals surface area (Å²) in [4.78, 5) is 50.1. The third-order valence-corrected chi connectivity index (χ3v) is 7.59. The normalized spacial score (nSPS) is 12.2. The van der Waals surface area contributed by atoms with Gasteiger partial charge in [-0.05, 0) is 61.7 Å². The molecule has 1 amide bonds. The standard InChI is InChI=1S/C20H30N2O5.C17H28N2O3/c1-20(2,3)10-11-21-15(13-17(23)24)18(25)22-16(19(26)27-4)12-14-8-6-5-7-9-14;1-4-7-11-21-16-13-14(8-9-15(16)18)17(20)22-12-10-19(5-2)6-3/h5-9,15-16,21H,10-13H2,1-4H3,(H,22,25)(H,23,24);8-9,13H,4-7,10-12,18H2,1-3H3/t15-,16-;/m0./s1. The number of esters is 2. The first-order valence-corrected chi connectivity index (χ1v) is 17.0. The van der Waals surface area contributed by atoms with Gasteiger partial charge in [0.05, 0.1) is 37.4 Å². The molecule has 0 bridgehead atoms. The molecule has 12 nitrogen and oxygen atoms in total. The molecule has 0 saturated carbocycles. The Morgan fingerprint density at radius 2 is 1.63 bits per heavy atom. The number of nitrogen functional groups attached to an aromatic ring is 1. The van der Waals surface area contributed by atoms with Gasteiger partial charge in [0.1, 0.15) is 18.4 Å². The predicted molar refractivity (Wildman–Crippen MR) is 192 cm³/mol. The molecule has 0 spiro atoms. The molecule has 0 unspecified atom stereocenters. The van der Waals surface area contributed by atoms with E-state index in [1.807, 2.05) is 30.3 Å². The Labute approximate surface area is 292 Å². The van der Waals surface area contributed by atoms with Gasteiger partial charge in [-0.2, -0.15) is 0 Å². The Morgan fingerprint density at radius 1 is 0.959 bits per heavy atom. The monoisotopic (exact) mass is 686 g/mol. The largest absolute Gasteiger partial charge is 0.491 e. The lowest BCUT2D eigenvalue weighted by molar-refractivity contribution is -0.145. The molecule has 12 heteroatoms. The molecule has 0 aliphatic rings. The Hall–Kier alpha value is -4.16. The summed E-state index contributed by atoms with van der Waals surface area (Å²) >= 11 is 0. The lowest BCUT2D eigenvalue weighted by Gasteiger charge is -2.23. The Kier molecular flexibility index (Phi) is 20.3. The minimum atomic E-state index is -1.09. The number of carbonyl (C=O) groups is 4. The molecular formula is C37H58N4O8. The van der Waals surface area contributed by atoms with Crippen LogP contribution in [0.4, 0.5) is 5.69 Å². The number of nitrogens with one attached hydrogen (secondary N) is 2. The molecular weight excluding hydrogens is 628 g/mol. The number of carboxylic acid groups (broad SMARTS) is 1. The molecule has 0 aliphatic heterocycles. The van der Waals surface area contributed by atoms with Crippen LogP contribution in [0.1, 0.15) is 83.1 Å². The smallest absolute Gasteiger partial charge is 0.338 e.